The number of aryl methyl sites for hydroxylation is 1. The van der Waals surface area contributed by atoms with E-state index in [1.54, 1.807) is 0 Å². The molecule has 1 aliphatic heterocycles. The standard InChI is InChI=1S/C15H26N4S2/c1-5-12-10-18-13(21-12)6-7-17-14(16-4)19-8-9-20-15(2,3)11-19/h10H,5-9,11H2,1-4H3,(H,16,17). The zero-order valence-electron chi connectivity index (χ0n) is 13.5. The molecule has 0 amide bonds. The van der Waals surface area contributed by atoms with Gasteiger partial charge in [0.25, 0.3) is 0 Å². The summed E-state index contributed by atoms with van der Waals surface area (Å²) in [5.74, 6) is 2.19. The lowest BCUT2D eigenvalue weighted by atomic mass is 10.2. The SMILES string of the molecule is CCc1cnc(CCNC(=NC)N2CCSC(C)(C)C2)s1. The molecule has 0 spiro atoms. The Bertz CT molecular complexity index is 482. The Morgan fingerprint density at radius 3 is 2.95 bits per heavy atom. The van der Waals surface area contributed by atoms with Crippen LogP contribution in [-0.4, -0.2) is 53.0 Å². The number of thiazole rings is 1. The van der Waals surface area contributed by atoms with Gasteiger partial charge in [-0.25, -0.2) is 4.98 Å². The average molecular weight is 327 g/mol. The molecule has 4 nitrogen and oxygen atoms in total. The summed E-state index contributed by atoms with van der Waals surface area (Å²) in [6, 6.07) is 0. The fourth-order valence-electron chi connectivity index (χ4n) is 2.44. The van der Waals surface area contributed by atoms with Crippen LogP contribution in [0.5, 0.6) is 0 Å². The van der Waals surface area contributed by atoms with Crippen LogP contribution in [0.2, 0.25) is 0 Å². The van der Waals surface area contributed by atoms with Crippen LogP contribution >= 0.6 is 23.1 Å². The van der Waals surface area contributed by atoms with Crippen molar-refractivity contribution in [1.29, 1.82) is 0 Å². The molecule has 0 unspecified atom stereocenters. The van der Waals surface area contributed by atoms with Gasteiger partial charge in [-0.1, -0.05) is 6.92 Å². The van der Waals surface area contributed by atoms with Gasteiger partial charge in [0, 0.05) is 54.7 Å². The monoisotopic (exact) mass is 326 g/mol. The van der Waals surface area contributed by atoms with E-state index in [0.29, 0.717) is 4.75 Å². The maximum atomic E-state index is 4.47. The van der Waals surface area contributed by atoms with Crippen LogP contribution in [0.1, 0.15) is 30.7 Å². The lowest BCUT2D eigenvalue weighted by Gasteiger charge is -2.39. The zero-order valence-corrected chi connectivity index (χ0v) is 15.1. The van der Waals surface area contributed by atoms with Crippen molar-refractivity contribution in [2.75, 3.05) is 32.4 Å². The maximum absolute atomic E-state index is 4.47. The van der Waals surface area contributed by atoms with Crippen molar-refractivity contribution in [2.24, 2.45) is 4.99 Å². The van der Waals surface area contributed by atoms with E-state index in [9.17, 15) is 0 Å². The van der Waals surface area contributed by atoms with E-state index in [0.717, 1.165) is 38.4 Å². The van der Waals surface area contributed by atoms with Crippen molar-refractivity contribution < 1.29 is 0 Å². The summed E-state index contributed by atoms with van der Waals surface area (Å²) in [4.78, 5) is 12.6. The molecular weight excluding hydrogens is 300 g/mol. The second kappa shape index (κ2) is 7.49. The zero-order chi connectivity index (χ0) is 15.3. The van der Waals surface area contributed by atoms with Crippen molar-refractivity contribution in [3.05, 3.63) is 16.1 Å². The predicted octanol–water partition coefficient (Wildman–Crippen LogP) is 2.65. The molecule has 1 aromatic heterocycles. The number of thioether (sulfide) groups is 1. The van der Waals surface area contributed by atoms with Crippen LogP contribution < -0.4 is 5.32 Å². The van der Waals surface area contributed by atoms with Crippen LogP contribution in [-0.2, 0) is 12.8 Å². The van der Waals surface area contributed by atoms with Gasteiger partial charge < -0.3 is 10.2 Å². The molecule has 0 saturated carbocycles. The Kier molecular flexibility index (Phi) is 5.93. The Balaban J connectivity index is 1.82. The number of aliphatic imine (C=N–C) groups is 1. The van der Waals surface area contributed by atoms with Gasteiger partial charge in [-0.2, -0.15) is 11.8 Å². The number of hydrogen-bond donors (Lipinski definition) is 1. The van der Waals surface area contributed by atoms with E-state index < -0.39 is 0 Å². The molecule has 2 heterocycles. The van der Waals surface area contributed by atoms with E-state index in [1.165, 1.54) is 15.6 Å². The first-order chi connectivity index (χ1) is 10.0. The van der Waals surface area contributed by atoms with Crippen LogP contribution in [0.4, 0.5) is 0 Å². The van der Waals surface area contributed by atoms with Gasteiger partial charge in [-0.3, -0.25) is 4.99 Å². The summed E-state index contributed by atoms with van der Waals surface area (Å²) in [5, 5.41) is 4.70. The summed E-state index contributed by atoms with van der Waals surface area (Å²) in [6.45, 7) is 9.80. The quantitative estimate of drug-likeness (QED) is 0.682. The molecule has 0 bridgehead atoms. The molecule has 0 aliphatic carbocycles. The van der Waals surface area contributed by atoms with Gasteiger partial charge in [-0.05, 0) is 20.3 Å². The van der Waals surface area contributed by atoms with Gasteiger partial charge in [0.15, 0.2) is 5.96 Å². The van der Waals surface area contributed by atoms with Crippen molar-refractivity contribution >= 4 is 29.1 Å². The minimum absolute atomic E-state index is 0.307. The molecule has 0 atom stereocenters. The number of nitrogens with one attached hydrogen (secondary N) is 1. The number of aromatic nitrogens is 1. The summed E-state index contributed by atoms with van der Waals surface area (Å²) in [7, 11) is 1.87. The van der Waals surface area contributed by atoms with E-state index in [-0.39, 0.29) is 0 Å². The molecule has 118 valence electrons. The molecule has 1 fully saturated rings. The number of rotatable bonds is 4. The second-order valence-corrected chi connectivity index (χ2v) is 8.83. The van der Waals surface area contributed by atoms with E-state index in [1.807, 2.05) is 36.3 Å². The first-order valence-corrected chi connectivity index (χ1v) is 9.37. The number of nitrogens with zero attached hydrogens (tertiary/aromatic N) is 3. The lowest BCUT2D eigenvalue weighted by molar-refractivity contribution is 0.376. The van der Waals surface area contributed by atoms with E-state index in [2.05, 4.69) is 41.0 Å². The maximum Gasteiger partial charge on any atom is 0.193 e. The molecule has 1 aromatic rings. The Morgan fingerprint density at radius 2 is 2.33 bits per heavy atom. The van der Waals surface area contributed by atoms with Crippen LogP contribution in [0.3, 0.4) is 0 Å². The first kappa shape index (κ1) is 16.6. The highest BCUT2D eigenvalue weighted by Crippen LogP contribution is 2.29. The molecule has 1 N–H and O–H groups in total. The van der Waals surface area contributed by atoms with Crippen LogP contribution in [0.25, 0.3) is 0 Å². The summed E-state index contributed by atoms with van der Waals surface area (Å²) in [5.41, 5.74) is 0. The lowest BCUT2D eigenvalue weighted by Crippen LogP contribution is -2.51. The molecule has 2 rings (SSSR count). The third-order valence-corrected chi connectivity index (χ3v) is 6.01. The van der Waals surface area contributed by atoms with Gasteiger partial charge in [0.2, 0.25) is 0 Å². The summed E-state index contributed by atoms with van der Waals surface area (Å²) in [6.07, 6.45) is 4.04. The minimum atomic E-state index is 0.307. The number of hydrogen-bond acceptors (Lipinski definition) is 4. The highest BCUT2D eigenvalue weighted by Gasteiger charge is 2.28. The third-order valence-electron chi connectivity index (χ3n) is 3.51. The molecule has 0 aromatic carbocycles. The van der Waals surface area contributed by atoms with Gasteiger partial charge >= 0.3 is 0 Å². The summed E-state index contributed by atoms with van der Waals surface area (Å²) >= 11 is 3.86. The Labute approximate surface area is 136 Å². The number of guanidine groups is 1. The fraction of sp³-hybridized carbons (Fsp3) is 0.733. The van der Waals surface area contributed by atoms with E-state index >= 15 is 0 Å². The van der Waals surface area contributed by atoms with E-state index in [4.69, 9.17) is 0 Å². The summed E-state index contributed by atoms with van der Waals surface area (Å²) < 4.78 is 0.307. The average Bonchev–Trinajstić information content (AvgIpc) is 2.90. The second-order valence-electron chi connectivity index (χ2n) is 5.83. The molecule has 21 heavy (non-hydrogen) atoms. The van der Waals surface area contributed by atoms with Crippen LogP contribution in [0, 0.1) is 0 Å². The van der Waals surface area contributed by atoms with Gasteiger partial charge in [-0.15, -0.1) is 11.3 Å². The van der Waals surface area contributed by atoms with Crippen molar-refractivity contribution in [1.82, 2.24) is 15.2 Å². The molecule has 1 saturated heterocycles. The highest BCUT2D eigenvalue weighted by molar-refractivity contribution is 8.00. The van der Waals surface area contributed by atoms with Crippen molar-refractivity contribution in [2.45, 2.75) is 38.4 Å². The van der Waals surface area contributed by atoms with Gasteiger partial charge in [0.05, 0.1) is 5.01 Å². The smallest absolute Gasteiger partial charge is 0.193 e. The topological polar surface area (TPSA) is 40.5 Å². The molecule has 6 heteroatoms. The predicted molar refractivity (Wildman–Crippen MR) is 94.7 cm³/mol. The van der Waals surface area contributed by atoms with Gasteiger partial charge in [0.1, 0.15) is 0 Å². The molecular formula is C15H26N4S2. The Morgan fingerprint density at radius 1 is 1.52 bits per heavy atom. The van der Waals surface area contributed by atoms with Crippen molar-refractivity contribution in [3.63, 3.8) is 0 Å². The van der Waals surface area contributed by atoms with Crippen molar-refractivity contribution in [3.8, 4) is 0 Å². The van der Waals surface area contributed by atoms with Crippen LogP contribution in [0.15, 0.2) is 11.2 Å². The minimum Gasteiger partial charge on any atom is -0.356 e. The third kappa shape index (κ3) is 4.88. The first-order valence-electron chi connectivity index (χ1n) is 7.57. The molecule has 0 radical (unpaired) electrons. The highest BCUT2D eigenvalue weighted by atomic mass is 32.2. The Hall–Kier alpha value is -0.750. The largest absolute Gasteiger partial charge is 0.356 e. The fourth-order valence-corrected chi connectivity index (χ4v) is 4.41. The molecule has 1 aliphatic rings. The normalized spacial score (nSPS) is 18.9.